The molecule has 0 aromatic heterocycles. The van der Waals surface area contributed by atoms with Crippen molar-refractivity contribution < 1.29 is 0 Å². The predicted molar refractivity (Wildman–Crippen MR) is 44.2 cm³/mol. The number of thioether (sulfide) groups is 1. The Morgan fingerprint density at radius 3 is 3.00 bits per heavy atom. The minimum atomic E-state index is 0.481. The van der Waals surface area contributed by atoms with E-state index in [-0.39, 0.29) is 0 Å². The number of hydrogen-bond donors (Lipinski definition) is 0. The molecule has 0 N–H and O–H groups in total. The first kappa shape index (κ1) is 6.87. The molecule has 1 aliphatic rings. The molecule has 0 saturated carbocycles. The van der Waals surface area contributed by atoms with Gasteiger partial charge in [-0.2, -0.15) is 0 Å². The fraction of sp³-hybridized carbons (Fsp3) is 0.571. The average Bonchev–Trinajstić information content (AvgIpc) is 1.88. The number of nitrogens with zero attached hydrogens (tertiary/aromatic N) is 1. The molecule has 0 aromatic rings. The zero-order valence-corrected chi connectivity index (χ0v) is 6.61. The number of aliphatic imine (C=N–C) groups is 1. The fourth-order valence-electron chi connectivity index (χ4n) is 0.827. The van der Waals surface area contributed by atoms with Crippen LogP contribution in [0.2, 0.25) is 0 Å². The molecule has 1 nitrogen and oxygen atoms in total. The molecular formula is C7H11NS. The Hall–Kier alpha value is -0.240. The molecule has 1 heterocycles. The molecule has 1 unspecified atom stereocenters. The van der Waals surface area contributed by atoms with Crippen LogP contribution in [0.3, 0.4) is 0 Å². The van der Waals surface area contributed by atoms with Crippen molar-refractivity contribution in [2.75, 3.05) is 6.26 Å². The zero-order chi connectivity index (χ0) is 6.69. The molecule has 0 aliphatic carbocycles. The van der Waals surface area contributed by atoms with Crippen LogP contribution in [0.15, 0.2) is 17.1 Å². The van der Waals surface area contributed by atoms with Crippen LogP contribution in [0.5, 0.6) is 0 Å². The molecule has 0 amide bonds. The Balaban J connectivity index is 2.55. The van der Waals surface area contributed by atoms with Gasteiger partial charge in [0, 0.05) is 5.71 Å². The van der Waals surface area contributed by atoms with Crippen molar-refractivity contribution in [1.29, 1.82) is 0 Å². The summed E-state index contributed by atoms with van der Waals surface area (Å²) in [5.41, 5.74) is 1.15. The van der Waals surface area contributed by atoms with Crippen LogP contribution >= 0.6 is 11.8 Å². The molecule has 1 rings (SSSR count). The molecule has 1 atom stereocenters. The van der Waals surface area contributed by atoms with E-state index in [1.54, 1.807) is 0 Å². The highest BCUT2D eigenvalue weighted by atomic mass is 32.2. The lowest BCUT2D eigenvalue weighted by Gasteiger charge is -2.10. The van der Waals surface area contributed by atoms with Crippen molar-refractivity contribution in [1.82, 2.24) is 0 Å². The summed E-state index contributed by atoms with van der Waals surface area (Å²) >= 11 is 1.81. The maximum absolute atomic E-state index is 4.39. The monoisotopic (exact) mass is 141 g/mol. The number of allylic oxidation sites excluding steroid dienone is 1. The summed E-state index contributed by atoms with van der Waals surface area (Å²) in [7, 11) is 0. The smallest absolute Gasteiger partial charge is 0.0986 e. The Bertz CT molecular complexity index is 149. The van der Waals surface area contributed by atoms with Crippen molar-refractivity contribution in [3.05, 3.63) is 12.2 Å². The Morgan fingerprint density at radius 1 is 1.78 bits per heavy atom. The predicted octanol–water partition coefficient (Wildman–Crippen LogP) is 2.10. The van der Waals surface area contributed by atoms with E-state index in [9.17, 15) is 0 Å². The van der Waals surface area contributed by atoms with Crippen molar-refractivity contribution in [2.24, 2.45) is 4.99 Å². The van der Waals surface area contributed by atoms with Gasteiger partial charge in [-0.3, -0.25) is 4.99 Å². The highest BCUT2D eigenvalue weighted by Gasteiger charge is 2.04. The Labute approximate surface area is 60.3 Å². The summed E-state index contributed by atoms with van der Waals surface area (Å²) in [5.74, 6) is 0. The van der Waals surface area contributed by atoms with Gasteiger partial charge in [0.05, 0.1) is 5.37 Å². The molecule has 0 fully saturated rings. The van der Waals surface area contributed by atoms with E-state index in [0.29, 0.717) is 5.37 Å². The minimum Gasteiger partial charge on any atom is -0.276 e. The van der Waals surface area contributed by atoms with Gasteiger partial charge in [-0.15, -0.1) is 11.8 Å². The SMILES string of the molecule is CSC1CC=CC(C)=N1. The molecule has 2 heteroatoms. The third kappa shape index (κ3) is 1.86. The van der Waals surface area contributed by atoms with Crippen LogP contribution in [0, 0.1) is 0 Å². The molecule has 0 radical (unpaired) electrons. The maximum Gasteiger partial charge on any atom is 0.0986 e. The van der Waals surface area contributed by atoms with Crippen molar-refractivity contribution in [3.8, 4) is 0 Å². The summed E-state index contributed by atoms with van der Waals surface area (Å²) in [5, 5.41) is 0.481. The zero-order valence-electron chi connectivity index (χ0n) is 5.79. The maximum atomic E-state index is 4.39. The van der Waals surface area contributed by atoms with Crippen LogP contribution in [0.4, 0.5) is 0 Å². The fourth-order valence-corrected chi connectivity index (χ4v) is 1.40. The summed E-state index contributed by atoms with van der Waals surface area (Å²) in [6, 6.07) is 0. The van der Waals surface area contributed by atoms with E-state index >= 15 is 0 Å². The van der Waals surface area contributed by atoms with Gasteiger partial charge in [-0.05, 0) is 25.7 Å². The van der Waals surface area contributed by atoms with Gasteiger partial charge in [-0.1, -0.05) is 6.08 Å². The first-order chi connectivity index (χ1) is 4.33. The first-order valence-corrected chi connectivity index (χ1v) is 4.35. The van der Waals surface area contributed by atoms with Crippen molar-refractivity contribution >= 4 is 17.5 Å². The van der Waals surface area contributed by atoms with E-state index in [4.69, 9.17) is 0 Å². The normalized spacial score (nSPS) is 26.0. The van der Waals surface area contributed by atoms with E-state index < -0.39 is 0 Å². The molecule has 0 aromatic carbocycles. The standard InChI is InChI=1S/C7H11NS/c1-6-4-3-5-7(8-6)9-2/h3-4,7H,5H2,1-2H3. The second kappa shape index (κ2) is 3.06. The molecule has 9 heavy (non-hydrogen) atoms. The van der Waals surface area contributed by atoms with E-state index in [0.717, 1.165) is 12.1 Å². The lowest BCUT2D eigenvalue weighted by atomic mass is 10.2. The minimum absolute atomic E-state index is 0.481. The van der Waals surface area contributed by atoms with Crippen LogP contribution in [0.1, 0.15) is 13.3 Å². The quantitative estimate of drug-likeness (QED) is 0.544. The van der Waals surface area contributed by atoms with Crippen LogP contribution in [-0.4, -0.2) is 17.3 Å². The van der Waals surface area contributed by atoms with Crippen LogP contribution in [-0.2, 0) is 0 Å². The third-order valence-corrected chi connectivity index (χ3v) is 2.16. The summed E-state index contributed by atoms with van der Waals surface area (Å²) in [6.07, 6.45) is 7.45. The second-order valence-electron chi connectivity index (χ2n) is 2.10. The van der Waals surface area contributed by atoms with Gasteiger partial charge in [0.2, 0.25) is 0 Å². The van der Waals surface area contributed by atoms with Gasteiger partial charge in [0.15, 0.2) is 0 Å². The molecule has 0 saturated heterocycles. The highest BCUT2D eigenvalue weighted by Crippen LogP contribution is 2.16. The molecule has 1 aliphatic heterocycles. The summed E-state index contributed by atoms with van der Waals surface area (Å²) in [6.45, 7) is 2.04. The molecule has 0 spiro atoms. The third-order valence-electron chi connectivity index (χ3n) is 1.32. The van der Waals surface area contributed by atoms with Gasteiger partial charge in [0.25, 0.3) is 0 Å². The number of rotatable bonds is 1. The molecular weight excluding hydrogens is 130 g/mol. The molecule has 0 bridgehead atoms. The number of dihydropyridines is 1. The molecule has 50 valence electrons. The number of hydrogen-bond acceptors (Lipinski definition) is 2. The topological polar surface area (TPSA) is 12.4 Å². The van der Waals surface area contributed by atoms with Crippen molar-refractivity contribution in [3.63, 3.8) is 0 Å². The van der Waals surface area contributed by atoms with Gasteiger partial charge < -0.3 is 0 Å². The first-order valence-electron chi connectivity index (χ1n) is 3.06. The van der Waals surface area contributed by atoms with Gasteiger partial charge in [-0.25, -0.2) is 0 Å². The van der Waals surface area contributed by atoms with E-state index in [1.807, 2.05) is 18.7 Å². The van der Waals surface area contributed by atoms with E-state index in [1.165, 1.54) is 0 Å². The average molecular weight is 141 g/mol. The largest absolute Gasteiger partial charge is 0.276 e. The van der Waals surface area contributed by atoms with Crippen LogP contribution < -0.4 is 0 Å². The summed E-state index contributed by atoms with van der Waals surface area (Å²) < 4.78 is 0. The summed E-state index contributed by atoms with van der Waals surface area (Å²) in [4.78, 5) is 4.39. The Morgan fingerprint density at radius 2 is 2.56 bits per heavy atom. The van der Waals surface area contributed by atoms with Gasteiger partial charge in [0.1, 0.15) is 0 Å². The lowest BCUT2D eigenvalue weighted by Crippen LogP contribution is -2.04. The van der Waals surface area contributed by atoms with E-state index in [2.05, 4.69) is 23.4 Å². The van der Waals surface area contributed by atoms with Crippen molar-refractivity contribution in [2.45, 2.75) is 18.7 Å². The van der Waals surface area contributed by atoms with Gasteiger partial charge >= 0.3 is 0 Å². The van der Waals surface area contributed by atoms with Crippen LogP contribution in [0.25, 0.3) is 0 Å². The highest BCUT2D eigenvalue weighted by molar-refractivity contribution is 7.99. The Kier molecular flexibility index (Phi) is 2.34. The second-order valence-corrected chi connectivity index (χ2v) is 3.11. The lowest BCUT2D eigenvalue weighted by molar-refractivity contribution is 0.924.